The number of carbonyl (C=O) groups is 2. The highest BCUT2D eigenvalue weighted by Gasteiger charge is 2.15. The van der Waals surface area contributed by atoms with Crippen LogP contribution in [-0.4, -0.2) is 43.9 Å². The number of benzene rings is 1. The molecule has 10 heteroatoms. The lowest BCUT2D eigenvalue weighted by Crippen LogP contribution is -2.34. The maximum absolute atomic E-state index is 12.2. The van der Waals surface area contributed by atoms with Crippen LogP contribution in [0.5, 0.6) is 0 Å². The number of amides is 2. The number of nitrogens with one attached hydrogen (secondary N) is 2. The van der Waals surface area contributed by atoms with E-state index in [-0.39, 0.29) is 24.1 Å². The molecule has 156 valence electrons. The second-order valence-electron chi connectivity index (χ2n) is 6.29. The molecule has 0 atom stereocenters. The molecule has 3 aromatic rings. The zero-order valence-electron chi connectivity index (χ0n) is 16.3. The zero-order chi connectivity index (χ0) is 21.3. The normalized spacial score (nSPS) is 10.6. The van der Waals surface area contributed by atoms with E-state index in [0.717, 1.165) is 28.8 Å². The van der Waals surface area contributed by atoms with Crippen LogP contribution in [0.1, 0.15) is 13.3 Å². The van der Waals surface area contributed by atoms with Crippen molar-refractivity contribution in [1.29, 1.82) is 0 Å². The third kappa shape index (κ3) is 5.90. The van der Waals surface area contributed by atoms with Gasteiger partial charge in [-0.25, -0.2) is 0 Å². The van der Waals surface area contributed by atoms with Gasteiger partial charge in [-0.05, 0) is 46.6 Å². The molecule has 0 radical (unpaired) electrons. The number of aromatic nitrogens is 4. The van der Waals surface area contributed by atoms with Crippen molar-refractivity contribution in [3.05, 3.63) is 53.3 Å². The molecule has 2 amide bonds. The first-order valence-electron chi connectivity index (χ1n) is 9.36. The molecule has 0 aliphatic carbocycles. The fourth-order valence-corrected chi connectivity index (χ4v) is 3.83. The molecule has 0 saturated carbocycles. The number of anilines is 1. The van der Waals surface area contributed by atoms with Crippen LogP contribution >= 0.6 is 27.7 Å². The SMILES string of the molecule is CCCn1c(SCC(=O)NCC(=O)Nc2ccccc2Br)nnc1-c1ccncc1. The van der Waals surface area contributed by atoms with E-state index in [4.69, 9.17) is 0 Å². The summed E-state index contributed by atoms with van der Waals surface area (Å²) >= 11 is 4.66. The molecule has 0 fully saturated rings. The molecule has 2 N–H and O–H groups in total. The van der Waals surface area contributed by atoms with Crippen LogP contribution in [0.15, 0.2) is 58.4 Å². The number of rotatable bonds is 9. The molecule has 0 aliphatic rings. The lowest BCUT2D eigenvalue weighted by Gasteiger charge is -2.10. The van der Waals surface area contributed by atoms with Gasteiger partial charge >= 0.3 is 0 Å². The number of nitrogens with zero attached hydrogens (tertiary/aromatic N) is 4. The van der Waals surface area contributed by atoms with Gasteiger partial charge in [0, 0.05) is 29.0 Å². The number of halogens is 1. The first-order valence-corrected chi connectivity index (χ1v) is 11.1. The van der Waals surface area contributed by atoms with Gasteiger partial charge in [0.25, 0.3) is 0 Å². The number of carbonyl (C=O) groups excluding carboxylic acids is 2. The predicted molar refractivity (Wildman–Crippen MR) is 120 cm³/mol. The topological polar surface area (TPSA) is 102 Å². The second kappa shape index (κ2) is 10.9. The number of para-hydroxylation sites is 1. The summed E-state index contributed by atoms with van der Waals surface area (Å²) in [5.41, 5.74) is 1.58. The second-order valence-corrected chi connectivity index (χ2v) is 8.08. The third-order valence-corrected chi connectivity index (χ3v) is 5.69. The van der Waals surface area contributed by atoms with Gasteiger partial charge in [-0.3, -0.25) is 14.6 Å². The van der Waals surface area contributed by atoms with Crippen LogP contribution in [0.4, 0.5) is 5.69 Å². The Morgan fingerprint density at radius 2 is 1.87 bits per heavy atom. The van der Waals surface area contributed by atoms with Gasteiger partial charge < -0.3 is 15.2 Å². The molecule has 1 aromatic carbocycles. The maximum atomic E-state index is 12.2. The summed E-state index contributed by atoms with van der Waals surface area (Å²) < 4.78 is 2.77. The maximum Gasteiger partial charge on any atom is 0.243 e. The van der Waals surface area contributed by atoms with Crippen molar-refractivity contribution in [1.82, 2.24) is 25.1 Å². The van der Waals surface area contributed by atoms with E-state index < -0.39 is 0 Å². The van der Waals surface area contributed by atoms with Crippen molar-refractivity contribution in [3.8, 4) is 11.4 Å². The molecule has 30 heavy (non-hydrogen) atoms. The monoisotopic (exact) mass is 488 g/mol. The predicted octanol–water partition coefficient (Wildman–Crippen LogP) is 3.36. The van der Waals surface area contributed by atoms with Gasteiger partial charge in [-0.2, -0.15) is 0 Å². The Morgan fingerprint density at radius 3 is 2.60 bits per heavy atom. The summed E-state index contributed by atoms with van der Waals surface area (Å²) in [4.78, 5) is 28.3. The molecule has 0 aliphatic heterocycles. The molecule has 0 bridgehead atoms. The quantitative estimate of drug-likeness (QED) is 0.447. The Bertz CT molecular complexity index is 1010. The summed E-state index contributed by atoms with van der Waals surface area (Å²) in [5.74, 6) is 0.337. The minimum absolute atomic E-state index is 0.107. The van der Waals surface area contributed by atoms with E-state index in [9.17, 15) is 9.59 Å². The van der Waals surface area contributed by atoms with E-state index in [0.29, 0.717) is 10.8 Å². The van der Waals surface area contributed by atoms with Crippen molar-refractivity contribution in [2.75, 3.05) is 17.6 Å². The van der Waals surface area contributed by atoms with E-state index in [1.807, 2.05) is 34.9 Å². The highest BCUT2D eigenvalue weighted by Crippen LogP contribution is 2.24. The van der Waals surface area contributed by atoms with Gasteiger partial charge in [0.2, 0.25) is 11.8 Å². The van der Waals surface area contributed by atoms with Crippen molar-refractivity contribution < 1.29 is 9.59 Å². The molecule has 2 heterocycles. The lowest BCUT2D eigenvalue weighted by molar-refractivity contribution is -0.122. The van der Waals surface area contributed by atoms with Crippen molar-refractivity contribution in [2.24, 2.45) is 0 Å². The third-order valence-electron chi connectivity index (χ3n) is 4.03. The van der Waals surface area contributed by atoms with Crippen molar-refractivity contribution in [3.63, 3.8) is 0 Å². The van der Waals surface area contributed by atoms with E-state index in [1.54, 1.807) is 18.5 Å². The average molecular weight is 489 g/mol. The molecule has 2 aromatic heterocycles. The van der Waals surface area contributed by atoms with E-state index >= 15 is 0 Å². The molecular weight excluding hydrogens is 468 g/mol. The summed E-state index contributed by atoms with van der Waals surface area (Å²) in [7, 11) is 0. The Morgan fingerprint density at radius 1 is 1.10 bits per heavy atom. The van der Waals surface area contributed by atoms with Crippen LogP contribution in [0, 0.1) is 0 Å². The first-order chi connectivity index (χ1) is 14.6. The van der Waals surface area contributed by atoms with Gasteiger partial charge in [0.1, 0.15) is 0 Å². The Balaban J connectivity index is 1.54. The van der Waals surface area contributed by atoms with Gasteiger partial charge in [0.15, 0.2) is 11.0 Å². The van der Waals surface area contributed by atoms with Crippen molar-refractivity contribution >= 4 is 45.2 Å². The summed E-state index contributed by atoms with van der Waals surface area (Å²) in [5, 5.41) is 14.6. The smallest absolute Gasteiger partial charge is 0.243 e. The zero-order valence-corrected chi connectivity index (χ0v) is 18.7. The lowest BCUT2D eigenvalue weighted by atomic mass is 10.2. The minimum atomic E-state index is -0.297. The number of hydrogen-bond acceptors (Lipinski definition) is 6. The molecule has 0 saturated heterocycles. The Hall–Kier alpha value is -2.72. The highest BCUT2D eigenvalue weighted by atomic mass is 79.9. The van der Waals surface area contributed by atoms with E-state index in [2.05, 4.69) is 48.7 Å². The summed E-state index contributed by atoms with van der Waals surface area (Å²) in [6, 6.07) is 11.0. The van der Waals surface area contributed by atoms with Gasteiger partial charge in [-0.15, -0.1) is 10.2 Å². The fraction of sp³-hybridized carbons (Fsp3) is 0.250. The summed E-state index contributed by atoms with van der Waals surface area (Å²) in [6.07, 6.45) is 4.32. The van der Waals surface area contributed by atoms with Gasteiger partial charge in [0.05, 0.1) is 18.0 Å². The van der Waals surface area contributed by atoms with Crippen molar-refractivity contribution in [2.45, 2.75) is 25.0 Å². The number of hydrogen-bond donors (Lipinski definition) is 2. The van der Waals surface area contributed by atoms with Crippen LogP contribution in [-0.2, 0) is 16.1 Å². The number of thioether (sulfide) groups is 1. The minimum Gasteiger partial charge on any atom is -0.346 e. The molecule has 0 unspecified atom stereocenters. The fourth-order valence-electron chi connectivity index (χ4n) is 2.65. The molecule has 8 nitrogen and oxygen atoms in total. The van der Waals surface area contributed by atoms with Crippen LogP contribution in [0.2, 0.25) is 0 Å². The Kier molecular flexibility index (Phi) is 7.97. The standard InChI is InChI=1S/C20H21BrN6O2S/c1-2-11-27-19(14-7-9-22-10-8-14)25-26-20(27)30-13-18(29)23-12-17(28)24-16-6-4-3-5-15(16)21/h3-10H,2,11-13H2,1H3,(H,23,29)(H,24,28). The van der Waals surface area contributed by atoms with Crippen LogP contribution in [0.3, 0.4) is 0 Å². The highest BCUT2D eigenvalue weighted by molar-refractivity contribution is 9.10. The average Bonchev–Trinajstić information content (AvgIpc) is 3.16. The molecule has 0 spiro atoms. The number of pyridine rings is 1. The van der Waals surface area contributed by atoms with Crippen LogP contribution in [0.25, 0.3) is 11.4 Å². The largest absolute Gasteiger partial charge is 0.346 e. The molecule has 3 rings (SSSR count). The Labute approximate surface area is 187 Å². The first kappa shape index (κ1) is 22.0. The molecular formula is C20H21BrN6O2S. The van der Waals surface area contributed by atoms with Crippen LogP contribution < -0.4 is 10.6 Å². The van der Waals surface area contributed by atoms with Gasteiger partial charge in [-0.1, -0.05) is 30.8 Å². The summed E-state index contributed by atoms with van der Waals surface area (Å²) in [6.45, 7) is 2.70. The van der Waals surface area contributed by atoms with E-state index in [1.165, 1.54) is 11.8 Å².